The first-order valence-corrected chi connectivity index (χ1v) is 5.78. The van der Waals surface area contributed by atoms with Gasteiger partial charge in [0.05, 0.1) is 13.7 Å². The molecule has 0 aliphatic carbocycles. The molecule has 18 heavy (non-hydrogen) atoms. The highest BCUT2D eigenvalue weighted by molar-refractivity contribution is 5.71. The van der Waals surface area contributed by atoms with Crippen LogP contribution in [0.4, 0.5) is 0 Å². The van der Waals surface area contributed by atoms with Crippen LogP contribution in [-0.2, 0) is 9.53 Å². The first kappa shape index (κ1) is 12.5. The first-order valence-electron chi connectivity index (χ1n) is 5.78. The van der Waals surface area contributed by atoms with E-state index in [1.807, 2.05) is 0 Å². The predicted molar refractivity (Wildman–Crippen MR) is 63.9 cm³/mol. The van der Waals surface area contributed by atoms with Gasteiger partial charge < -0.3 is 18.9 Å². The van der Waals surface area contributed by atoms with Gasteiger partial charge in [-0.1, -0.05) is 6.07 Å². The number of hydrogen-bond acceptors (Lipinski definition) is 5. The van der Waals surface area contributed by atoms with Crippen molar-refractivity contribution in [1.29, 1.82) is 0 Å². The van der Waals surface area contributed by atoms with E-state index < -0.39 is 5.79 Å². The number of carbonyl (C=O) groups excluding carboxylic acids is 1. The molecule has 0 bridgehead atoms. The summed E-state index contributed by atoms with van der Waals surface area (Å²) < 4.78 is 21.4. The van der Waals surface area contributed by atoms with Crippen LogP contribution in [0.5, 0.6) is 17.2 Å². The number of hydrogen-bond donors (Lipinski definition) is 0. The molecule has 0 fully saturated rings. The third-order valence-electron chi connectivity index (χ3n) is 2.58. The van der Waals surface area contributed by atoms with E-state index in [0.29, 0.717) is 23.9 Å². The summed E-state index contributed by atoms with van der Waals surface area (Å²) in [4.78, 5) is 11.5. The van der Waals surface area contributed by atoms with Crippen molar-refractivity contribution in [3.8, 4) is 17.2 Å². The quantitative estimate of drug-likeness (QED) is 0.768. The number of esters is 1. The third kappa shape index (κ3) is 2.34. The second kappa shape index (κ2) is 4.76. The maximum atomic E-state index is 11.5. The molecule has 5 heteroatoms. The van der Waals surface area contributed by atoms with Crippen LogP contribution >= 0.6 is 0 Å². The molecule has 0 aromatic heterocycles. The number of rotatable bonds is 4. The van der Waals surface area contributed by atoms with Crippen LogP contribution in [0.15, 0.2) is 18.2 Å². The fourth-order valence-corrected chi connectivity index (χ4v) is 1.85. The van der Waals surface area contributed by atoms with Gasteiger partial charge in [0.2, 0.25) is 5.75 Å². The van der Waals surface area contributed by atoms with E-state index in [1.165, 1.54) is 0 Å². The molecule has 1 aliphatic heterocycles. The Hall–Kier alpha value is -1.91. The molecule has 0 radical (unpaired) electrons. The Morgan fingerprint density at radius 2 is 2.17 bits per heavy atom. The molecule has 0 amide bonds. The summed E-state index contributed by atoms with van der Waals surface area (Å²) in [6, 6.07) is 5.35. The van der Waals surface area contributed by atoms with Gasteiger partial charge >= 0.3 is 5.97 Å². The highest BCUT2D eigenvalue weighted by Crippen LogP contribution is 2.46. The highest BCUT2D eigenvalue weighted by Gasteiger charge is 2.41. The molecule has 0 N–H and O–H groups in total. The molecule has 1 aromatic rings. The van der Waals surface area contributed by atoms with Gasteiger partial charge in [-0.2, -0.15) is 0 Å². The second-order valence-electron chi connectivity index (χ2n) is 4.11. The van der Waals surface area contributed by atoms with Crippen molar-refractivity contribution in [3.05, 3.63) is 18.2 Å². The summed E-state index contributed by atoms with van der Waals surface area (Å²) in [5.74, 6) is 0.281. The van der Waals surface area contributed by atoms with Crippen LogP contribution < -0.4 is 14.2 Å². The summed E-state index contributed by atoms with van der Waals surface area (Å²) in [5, 5.41) is 0. The Bertz CT molecular complexity index is 457. The van der Waals surface area contributed by atoms with Gasteiger partial charge in [0.15, 0.2) is 11.5 Å². The predicted octanol–water partition coefficient (Wildman–Crippen LogP) is 2.14. The number of ether oxygens (including phenoxy) is 4. The lowest BCUT2D eigenvalue weighted by Crippen LogP contribution is -2.37. The lowest BCUT2D eigenvalue weighted by atomic mass is 10.2. The van der Waals surface area contributed by atoms with E-state index in [0.717, 1.165) is 0 Å². The van der Waals surface area contributed by atoms with Crippen molar-refractivity contribution >= 4 is 5.97 Å². The smallest absolute Gasteiger partial charge is 0.313 e. The van der Waals surface area contributed by atoms with Crippen molar-refractivity contribution in [2.45, 2.75) is 26.1 Å². The topological polar surface area (TPSA) is 54.0 Å². The van der Waals surface area contributed by atoms with Crippen LogP contribution in [0, 0.1) is 0 Å². The minimum absolute atomic E-state index is 0.0265. The van der Waals surface area contributed by atoms with Crippen molar-refractivity contribution in [1.82, 2.24) is 0 Å². The number of fused-ring (bicyclic) bond motifs is 1. The van der Waals surface area contributed by atoms with Crippen LogP contribution in [0.3, 0.4) is 0 Å². The van der Waals surface area contributed by atoms with Crippen LogP contribution in [0.2, 0.25) is 0 Å². The third-order valence-corrected chi connectivity index (χ3v) is 2.58. The number of methoxy groups -OCH3 is 1. The summed E-state index contributed by atoms with van der Waals surface area (Å²) >= 11 is 0. The van der Waals surface area contributed by atoms with Gasteiger partial charge in [-0.15, -0.1) is 0 Å². The molecule has 0 saturated heterocycles. The molecular formula is C13H16O5. The Balaban J connectivity index is 2.15. The zero-order chi connectivity index (χ0) is 13.2. The highest BCUT2D eigenvalue weighted by atomic mass is 16.7. The Morgan fingerprint density at radius 3 is 2.83 bits per heavy atom. The molecule has 1 aromatic carbocycles. The number of benzene rings is 1. The molecule has 0 saturated carbocycles. The molecular weight excluding hydrogens is 236 g/mol. The molecule has 2 rings (SSSR count). The fourth-order valence-electron chi connectivity index (χ4n) is 1.85. The zero-order valence-corrected chi connectivity index (χ0v) is 10.7. The average molecular weight is 252 g/mol. The molecule has 1 atom stereocenters. The normalized spacial score (nSPS) is 20.6. The van der Waals surface area contributed by atoms with Gasteiger partial charge in [-0.3, -0.25) is 4.79 Å². The van der Waals surface area contributed by atoms with Crippen molar-refractivity contribution < 1.29 is 23.7 Å². The second-order valence-corrected chi connectivity index (χ2v) is 4.11. The van der Waals surface area contributed by atoms with E-state index >= 15 is 0 Å². The summed E-state index contributed by atoms with van der Waals surface area (Å²) in [6.45, 7) is 3.79. The van der Waals surface area contributed by atoms with Gasteiger partial charge in [0, 0.05) is 6.92 Å². The van der Waals surface area contributed by atoms with Crippen molar-refractivity contribution in [2.24, 2.45) is 0 Å². The average Bonchev–Trinajstić information content (AvgIpc) is 2.64. The standard InChI is InChI=1S/C13H16O5/c1-4-16-11(14)8-13(2)17-10-7-5-6-9(15-3)12(10)18-13/h5-7H,4,8H2,1-3H3. The maximum absolute atomic E-state index is 11.5. The van der Waals surface area contributed by atoms with Crippen LogP contribution in [-0.4, -0.2) is 25.5 Å². The SMILES string of the molecule is CCOC(=O)CC1(C)Oc2cccc(OC)c2O1. The van der Waals surface area contributed by atoms with Crippen LogP contribution in [0.25, 0.3) is 0 Å². The molecule has 5 nitrogen and oxygen atoms in total. The minimum atomic E-state index is -1.04. The van der Waals surface area contributed by atoms with E-state index in [9.17, 15) is 4.79 Å². The number of para-hydroxylation sites is 1. The Labute approximate surface area is 106 Å². The molecule has 1 heterocycles. The summed E-state index contributed by atoms with van der Waals surface area (Å²) in [7, 11) is 1.56. The fraction of sp³-hybridized carbons (Fsp3) is 0.462. The monoisotopic (exact) mass is 252 g/mol. The van der Waals surface area contributed by atoms with Crippen LogP contribution in [0.1, 0.15) is 20.3 Å². The van der Waals surface area contributed by atoms with Gasteiger partial charge in [-0.25, -0.2) is 0 Å². The number of carbonyl (C=O) groups is 1. The Kier molecular flexibility index (Phi) is 3.32. The first-order chi connectivity index (χ1) is 8.58. The molecule has 98 valence electrons. The summed E-state index contributed by atoms with van der Waals surface area (Å²) in [5.41, 5.74) is 0. The maximum Gasteiger partial charge on any atom is 0.313 e. The van der Waals surface area contributed by atoms with Crippen molar-refractivity contribution in [2.75, 3.05) is 13.7 Å². The zero-order valence-electron chi connectivity index (χ0n) is 10.7. The van der Waals surface area contributed by atoms with E-state index in [-0.39, 0.29) is 12.4 Å². The molecule has 1 unspecified atom stereocenters. The van der Waals surface area contributed by atoms with Gasteiger partial charge in [0.25, 0.3) is 5.79 Å². The van der Waals surface area contributed by atoms with E-state index in [4.69, 9.17) is 18.9 Å². The van der Waals surface area contributed by atoms with Crippen molar-refractivity contribution in [3.63, 3.8) is 0 Å². The van der Waals surface area contributed by atoms with Gasteiger partial charge in [-0.05, 0) is 19.1 Å². The summed E-state index contributed by atoms with van der Waals surface area (Å²) in [6.07, 6.45) is 0.0265. The largest absolute Gasteiger partial charge is 0.493 e. The van der Waals surface area contributed by atoms with Gasteiger partial charge in [0.1, 0.15) is 6.42 Å². The Morgan fingerprint density at radius 1 is 1.39 bits per heavy atom. The lowest BCUT2D eigenvalue weighted by Gasteiger charge is -2.21. The van der Waals surface area contributed by atoms with E-state index in [2.05, 4.69) is 0 Å². The molecule has 0 spiro atoms. The lowest BCUT2D eigenvalue weighted by molar-refractivity contribution is -0.155. The van der Waals surface area contributed by atoms with E-state index in [1.54, 1.807) is 39.2 Å². The minimum Gasteiger partial charge on any atom is -0.493 e. The molecule has 1 aliphatic rings.